The van der Waals surface area contributed by atoms with E-state index in [1.807, 2.05) is 25.1 Å². The molecule has 18 heavy (non-hydrogen) atoms. The molecule has 1 aromatic heterocycles. The third-order valence-corrected chi connectivity index (χ3v) is 2.88. The summed E-state index contributed by atoms with van der Waals surface area (Å²) in [5.41, 5.74) is 8.67. The molecule has 0 radical (unpaired) electrons. The second kappa shape index (κ2) is 5.08. The van der Waals surface area contributed by atoms with E-state index < -0.39 is 0 Å². The maximum Gasteiger partial charge on any atom is 0.221 e. The Morgan fingerprint density at radius 1 is 1.22 bits per heavy atom. The molecule has 0 fully saturated rings. The van der Waals surface area contributed by atoms with E-state index in [9.17, 15) is 0 Å². The minimum absolute atomic E-state index is 0.406. The van der Waals surface area contributed by atoms with Gasteiger partial charge in [0.1, 0.15) is 5.75 Å². The van der Waals surface area contributed by atoms with Gasteiger partial charge in [-0.1, -0.05) is 32.0 Å². The molecule has 1 aromatic carbocycles. The Morgan fingerprint density at radius 2 is 1.94 bits per heavy atom. The summed E-state index contributed by atoms with van der Waals surface area (Å²) in [6.07, 6.45) is 1.72. The summed E-state index contributed by atoms with van der Waals surface area (Å²) in [6, 6.07) is 9.74. The summed E-state index contributed by atoms with van der Waals surface area (Å²) in [6.45, 7) is 6.20. The first-order valence-electron chi connectivity index (χ1n) is 6.07. The molecule has 1 heterocycles. The molecule has 3 nitrogen and oxygen atoms in total. The molecule has 0 aliphatic rings. The molecular formula is C15H18N2O. The van der Waals surface area contributed by atoms with Crippen LogP contribution in [0.5, 0.6) is 11.6 Å². The van der Waals surface area contributed by atoms with Gasteiger partial charge in [0, 0.05) is 18.0 Å². The van der Waals surface area contributed by atoms with Crippen molar-refractivity contribution in [2.45, 2.75) is 26.7 Å². The molecule has 0 aliphatic carbocycles. The molecule has 0 unspecified atom stereocenters. The van der Waals surface area contributed by atoms with Crippen LogP contribution in [0.3, 0.4) is 0 Å². The number of nitrogens with two attached hydrogens (primary N) is 1. The predicted octanol–water partition coefficient (Wildman–Crippen LogP) is 3.89. The zero-order valence-electron chi connectivity index (χ0n) is 11.0. The lowest BCUT2D eigenvalue weighted by Gasteiger charge is -2.13. The lowest BCUT2D eigenvalue weighted by atomic mass is 10.0. The fourth-order valence-corrected chi connectivity index (χ4v) is 1.74. The first-order valence-corrected chi connectivity index (χ1v) is 6.07. The fraction of sp³-hybridized carbons (Fsp3) is 0.267. The summed E-state index contributed by atoms with van der Waals surface area (Å²) >= 11 is 0. The summed E-state index contributed by atoms with van der Waals surface area (Å²) in [4.78, 5) is 4.23. The highest BCUT2D eigenvalue weighted by Gasteiger charge is 2.08. The van der Waals surface area contributed by atoms with Crippen molar-refractivity contribution in [3.63, 3.8) is 0 Å². The van der Waals surface area contributed by atoms with Crippen LogP contribution in [0, 0.1) is 6.92 Å². The van der Waals surface area contributed by atoms with Crippen LogP contribution in [0.1, 0.15) is 30.9 Å². The van der Waals surface area contributed by atoms with Gasteiger partial charge in [0.15, 0.2) is 0 Å². The number of anilines is 1. The number of pyridine rings is 1. The first kappa shape index (κ1) is 12.4. The summed E-state index contributed by atoms with van der Waals surface area (Å²) in [5, 5.41) is 0. The van der Waals surface area contributed by atoms with Gasteiger partial charge in [0.2, 0.25) is 5.88 Å². The topological polar surface area (TPSA) is 48.1 Å². The van der Waals surface area contributed by atoms with Crippen molar-refractivity contribution in [2.24, 2.45) is 0 Å². The van der Waals surface area contributed by atoms with Crippen molar-refractivity contribution in [1.82, 2.24) is 4.98 Å². The average Bonchev–Trinajstić information content (AvgIpc) is 2.34. The third-order valence-electron chi connectivity index (χ3n) is 2.88. The average molecular weight is 242 g/mol. The Balaban J connectivity index is 2.31. The van der Waals surface area contributed by atoms with Crippen LogP contribution in [0.4, 0.5) is 5.69 Å². The van der Waals surface area contributed by atoms with Crippen LogP contribution >= 0.6 is 0 Å². The minimum atomic E-state index is 0.406. The summed E-state index contributed by atoms with van der Waals surface area (Å²) in [5.74, 6) is 1.78. The monoisotopic (exact) mass is 242 g/mol. The number of benzene rings is 1. The van der Waals surface area contributed by atoms with Crippen molar-refractivity contribution in [2.75, 3.05) is 5.73 Å². The number of aromatic nitrogens is 1. The highest BCUT2D eigenvalue weighted by Crippen LogP contribution is 2.30. The number of aryl methyl sites for hydroxylation is 1. The quantitative estimate of drug-likeness (QED) is 0.888. The van der Waals surface area contributed by atoms with Crippen LogP contribution in [0.2, 0.25) is 0 Å². The van der Waals surface area contributed by atoms with E-state index in [1.54, 1.807) is 12.3 Å². The van der Waals surface area contributed by atoms with Crippen LogP contribution in [0.25, 0.3) is 0 Å². The first-order chi connectivity index (χ1) is 8.58. The maximum atomic E-state index is 5.85. The Labute approximate surface area is 108 Å². The molecule has 0 saturated heterocycles. The Kier molecular flexibility index (Phi) is 3.51. The van der Waals surface area contributed by atoms with E-state index in [1.165, 1.54) is 5.56 Å². The van der Waals surface area contributed by atoms with Crippen molar-refractivity contribution >= 4 is 5.69 Å². The zero-order chi connectivity index (χ0) is 13.1. The molecule has 3 heteroatoms. The number of hydrogen-bond acceptors (Lipinski definition) is 3. The fourth-order valence-electron chi connectivity index (χ4n) is 1.74. The summed E-state index contributed by atoms with van der Waals surface area (Å²) in [7, 11) is 0. The number of hydrogen-bond donors (Lipinski definition) is 1. The van der Waals surface area contributed by atoms with Crippen molar-refractivity contribution in [3.8, 4) is 11.6 Å². The van der Waals surface area contributed by atoms with Gasteiger partial charge in [0.25, 0.3) is 0 Å². The summed E-state index contributed by atoms with van der Waals surface area (Å²) < 4.78 is 5.82. The van der Waals surface area contributed by atoms with Gasteiger partial charge in [-0.05, 0) is 30.0 Å². The van der Waals surface area contributed by atoms with Gasteiger partial charge < -0.3 is 10.5 Å². The molecule has 2 aromatic rings. The van der Waals surface area contributed by atoms with Gasteiger partial charge in [-0.15, -0.1) is 0 Å². The van der Waals surface area contributed by atoms with E-state index in [-0.39, 0.29) is 0 Å². The SMILES string of the molecule is Cc1cnc(Oc2ccccc2C(C)C)cc1N. The molecule has 2 N–H and O–H groups in total. The van der Waals surface area contributed by atoms with Crippen LogP contribution in [0.15, 0.2) is 36.5 Å². The molecule has 0 aliphatic heterocycles. The normalized spacial score (nSPS) is 10.7. The highest BCUT2D eigenvalue weighted by atomic mass is 16.5. The second-order valence-corrected chi connectivity index (χ2v) is 4.67. The molecule has 0 amide bonds. The number of nitrogen functional groups attached to an aromatic ring is 1. The smallest absolute Gasteiger partial charge is 0.221 e. The van der Waals surface area contributed by atoms with Crippen molar-refractivity contribution in [1.29, 1.82) is 0 Å². The molecular weight excluding hydrogens is 224 g/mol. The van der Waals surface area contributed by atoms with Gasteiger partial charge >= 0.3 is 0 Å². The Morgan fingerprint density at radius 3 is 2.61 bits per heavy atom. The van der Waals surface area contributed by atoms with Gasteiger partial charge in [-0.25, -0.2) is 4.98 Å². The van der Waals surface area contributed by atoms with Gasteiger partial charge in [-0.3, -0.25) is 0 Å². The molecule has 0 spiro atoms. The largest absolute Gasteiger partial charge is 0.439 e. The minimum Gasteiger partial charge on any atom is -0.439 e. The van der Waals surface area contributed by atoms with Crippen LogP contribution in [-0.2, 0) is 0 Å². The van der Waals surface area contributed by atoms with Gasteiger partial charge in [-0.2, -0.15) is 0 Å². The van der Waals surface area contributed by atoms with E-state index in [4.69, 9.17) is 10.5 Å². The number of rotatable bonds is 3. The second-order valence-electron chi connectivity index (χ2n) is 4.67. The lowest BCUT2D eigenvalue weighted by molar-refractivity contribution is 0.454. The number of para-hydroxylation sites is 1. The van der Waals surface area contributed by atoms with E-state index >= 15 is 0 Å². The van der Waals surface area contributed by atoms with Crippen LogP contribution in [-0.4, -0.2) is 4.98 Å². The Bertz CT molecular complexity index is 550. The van der Waals surface area contributed by atoms with Crippen molar-refractivity contribution < 1.29 is 4.74 Å². The Hall–Kier alpha value is -2.03. The molecule has 0 saturated carbocycles. The molecule has 94 valence electrons. The third kappa shape index (κ3) is 2.62. The van der Waals surface area contributed by atoms with E-state index in [0.717, 1.165) is 11.3 Å². The number of nitrogens with zero attached hydrogens (tertiary/aromatic N) is 1. The highest BCUT2D eigenvalue weighted by molar-refractivity contribution is 5.48. The number of ether oxygens (including phenoxy) is 1. The lowest BCUT2D eigenvalue weighted by Crippen LogP contribution is -1.97. The molecule has 0 atom stereocenters. The predicted molar refractivity (Wildman–Crippen MR) is 74.0 cm³/mol. The van der Waals surface area contributed by atoms with Crippen LogP contribution < -0.4 is 10.5 Å². The van der Waals surface area contributed by atoms with Crippen molar-refractivity contribution in [3.05, 3.63) is 47.7 Å². The molecule has 0 bridgehead atoms. The van der Waals surface area contributed by atoms with E-state index in [2.05, 4.69) is 24.9 Å². The maximum absolute atomic E-state index is 5.85. The van der Waals surface area contributed by atoms with E-state index in [0.29, 0.717) is 17.5 Å². The standard InChI is InChI=1S/C15H18N2O/c1-10(2)12-6-4-5-7-14(12)18-15-8-13(16)11(3)9-17-15/h4-10H,1-3H3,(H2,16,17). The zero-order valence-corrected chi connectivity index (χ0v) is 11.0. The molecule has 2 rings (SSSR count). The van der Waals surface area contributed by atoms with Gasteiger partial charge in [0.05, 0.1) is 0 Å².